The molecule has 0 fully saturated rings. The number of benzene rings is 3. The monoisotopic (exact) mass is 528 g/mol. The van der Waals surface area contributed by atoms with Crippen LogP contribution in [-0.4, -0.2) is 41.9 Å². The number of hydrogen-bond donors (Lipinski definition) is 3. The highest BCUT2D eigenvalue weighted by Gasteiger charge is 2.31. The second-order valence-electron chi connectivity index (χ2n) is 9.70. The Hall–Kier alpha value is -4.43. The summed E-state index contributed by atoms with van der Waals surface area (Å²) in [6.45, 7) is 3.86. The smallest absolute Gasteiger partial charge is 0.407 e. The number of rotatable bonds is 10. The number of allylic oxidation sites excluding steroid dienone is 1. The summed E-state index contributed by atoms with van der Waals surface area (Å²) in [7, 11) is 0. The molecule has 3 N–H and O–H groups in total. The number of nitrogens with one attached hydrogen (secondary N) is 2. The van der Waals surface area contributed by atoms with Gasteiger partial charge >= 0.3 is 12.1 Å². The first-order valence-electron chi connectivity index (χ1n) is 12.8. The van der Waals surface area contributed by atoms with Crippen LogP contribution in [0, 0.1) is 0 Å². The molecule has 0 aromatic heterocycles. The molecule has 3 aromatic carbocycles. The third-order valence-electron chi connectivity index (χ3n) is 6.69. The first-order valence-corrected chi connectivity index (χ1v) is 12.8. The van der Waals surface area contributed by atoms with E-state index in [1.807, 2.05) is 62.4 Å². The quantitative estimate of drug-likeness (QED) is 0.194. The zero-order valence-corrected chi connectivity index (χ0v) is 21.9. The first kappa shape index (κ1) is 27.6. The highest BCUT2D eigenvalue weighted by molar-refractivity contribution is 5.90. The molecule has 0 saturated carbocycles. The molecule has 0 spiro atoms. The van der Waals surface area contributed by atoms with Gasteiger partial charge in [-0.25, -0.2) is 9.59 Å². The lowest BCUT2D eigenvalue weighted by molar-refractivity contribution is -0.236. The van der Waals surface area contributed by atoms with E-state index < -0.39 is 30.1 Å². The van der Waals surface area contributed by atoms with E-state index in [-0.39, 0.29) is 25.4 Å². The van der Waals surface area contributed by atoms with Crippen molar-refractivity contribution < 1.29 is 29.3 Å². The molecule has 8 nitrogen and oxygen atoms in total. The van der Waals surface area contributed by atoms with Crippen molar-refractivity contribution in [3.8, 4) is 11.1 Å². The van der Waals surface area contributed by atoms with Crippen LogP contribution in [0.4, 0.5) is 4.79 Å². The minimum absolute atomic E-state index is 0.102. The predicted molar refractivity (Wildman–Crippen MR) is 147 cm³/mol. The molecule has 4 rings (SSSR count). The molecule has 39 heavy (non-hydrogen) atoms. The molecule has 0 saturated heterocycles. The molecule has 2 atom stereocenters. The molecule has 0 unspecified atom stereocenters. The fraction of sp³-hybridized carbons (Fsp3) is 0.258. The number of hydrogen-bond acceptors (Lipinski definition) is 6. The predicted octanol–water partition coefficient (Wildman–Crippen LogP) is 4.99. The standard InChI is InChI=1S/C31H32N2O6/c1-20(2)16-17-27(29(34)32-28(30(35)39-37)18-21-10-4-3-5-11-21)33-31(36)38-19-26-24-14-8-6-12-22(24)23-13-7-9-15-25(23)26/h3-16,26-28,37H,17-19H2,1-2H3,(H,32,34)(H,33,36)/t27-,28-/m0/s1. The maximum absolute atomic E-state index is 13.2. The van der Waals surface area contributed by atoms with Crippen LogP contribution in [0.2, 0.25) is 0 Å². The average molecular weight is 529 g/mol. The van der Waals surface area contributed by atoms with Crippen LogP contribution < -0.4 is 10.6 Å². The van der Waals surface area contributed by atoms with Crippen LogP contribution in [0.15, 0.2) is 90.5 Å². The van der Waals surface area contributed by atoms with Crippen LogP contribution in [0.5, 0.6) is 0 Å². The highest BCUT2D eigenvalue weighted by atomic mass is 17.1. The summed E-state index contributed by atoms with van der Waals surface area (Å²) in [5.41, 5.74) is 6.11. The Bertz CT molecular complexity index is 1300. The van der Waals surface area contributed by atoms with E-state index in [9.17, 15) is 14.4 Å². The maximum atomic E-state index is 13.2. The van der Waals surface area contributed by atoms with Crippen LogP contribution >= 0.6 is 0 Å². The van der Waals surface area contributed by atoms with Gasteiger partial charge in [0.1, 0.15) is 18.7 Å². The molecule has 0 heterocycles. The molecule has 202 valence electrons. The zero-order valence-electron chi connectivity index (χ0n) is 21.9. The van der Waals surface area contributed by atoms with Crippen LogP contribution in [0.3, 0.4) is 0 Å². The Labute approximate surface area is 227 Å². The topological polar surface area (TPSA) is 114 Å². The van der Waals surface area contributed by atoms with Crippen molar-refractivity contribution in [1.29, 1.82) is 0 Å². The molecular formula is C31H32N2O6. The molecule has 0 radical (unpaired) electrons. The van der Waals surface area contributed by atoms with Gasteiger partial charge in [-0.05, 0) is 48.1 Å². The summed E-state index contributed by atoms with van der Waals surface area (Å²) < 4.78 is 5.61. The maximum Gasteiger partial charge on any atom is 0.407 e. The van der Waals surface area contributed by atoms with Crippen molar-refractivity contribution in [1.82, 2.24) is 10.6 Å². The van der Waals surface area contributed by atoms with Crippen molar-refractivity contribution >= 4 is 18.0 Å². The lowest BCUT2D eigenvalue weighted by atomic mass is 9.98. The summed E-state index contributed by atoms with van der Waals surface area (Å²) in [4.78, 5) is 42.2. The van der Waals surface area contributed by atoms with E-state index in [0.717, 1.165) is 33.4 Å². The van der Waals surface area contributed by atoms with Gasteiger partial charge in [0.25, 0.3) is 0 Å². The van der Waals surface area contributed by atoms with Gasteiger partial charge < -0.3 is 15.4 Å². The zero-order chi connectivity index (χ0) is 27.8. The van der Waals surface area contributed by atoms with Crippen LogP contribution in [-0.2, 0) is 25.6 Å². The van der Waals surface area contributed by atoms with Gasteiger partial charge in [-0.3, -0.25) is 9.68 Å². The average Bonchev–Trinajstić information content (AvgIpc) is 3.27. The molecule has 0 bridgehead atoms. The molecule has 1 aliphatic rings. The molecule has 3 aromatic rings. The Morgan fingerprint density at radius 2 is 1.44 bits per heavy atom. The fourth-order valence-electron chi connectivity index (χ4n) is 4.75. The van der Waals surface area contributed by atoms with Crippen molar-refractivity contribution in [3.63, 3.8) is 0 Å². The number of fused-ring (bicyclic) bond motifs is 3. The summed E-state index contributed by atoms with van der Waals surface area (Å²) >= 11 is 0. The fourth-order valence-corrected chi connectivity index (χ4v) is 4.75. The Balaban J connectivity index is 1.44. The second kappa shape index (κ2) is 12.9. The van der Waals surface area contributed by atoms with Gasteiger partial charge in [0.15, 0.2) is 0 Å². The lowest BCUT2D eigenvalue weighted by Gasteiger charge is -2.22. The van der Waals surface area contributed by atoms with E-state index >= 15 is 0 Å². The number of amides is 2. The molecule has 2 amide bonds. The van der Waals surface area contributed by atoms with Gasteiger partial charge in [0, 0.05) is 12.3 Å². The highest BCUT2D eigenvalue weighted by Crippen LogP contribution is 2.44. The van der Waals surface area contributed by atoms with Crippen molar-refractivity contribution in [2.45, 2.75) is 44.7 Å². The summed E-state index contributed by atoms with van der Waals surface area (Å²) in [5.74, 6) is -1.73. The summed E-state index contributed by atoms with van der Waals surface area (Å²) in [5, 5.41) is 14.2. The van der Waals surface area contributed by atoms with Crippen molar-refractivity contribution in [3.05, 3.63) is 107 Å². The van der Waals surface area contributed by atoms with Gasteiger partial charge in [-0.2, -0.15) is 5.26 Å². The van der Waals surface area contributed by atoms with Crippen molar-refractivity contribution in [2.24, 2.45) is 0 Å². The van der Waals surface area contributed by atoms with Crippen LogP contribution in [0.25, 0.3) is 11.1 Å². The van der Waals surface area contributed by atoms with Gasteiger partial charge in [-0.15, -0.1) is 0 Å². The van der Waals surface area contributed by atoms with E-state index in [1.54, 1.807) is 24.3 Å². The summed E-state index contributed by atoms with van der Waals surface area (Å²) in [6.07, 6.45) is 1.35. The minimum Gasteiger partial charge on any atom is -0.449 e. The number of ether oxygens (including phenoxy) is 1. The largest absolute Gasteiger partial charge is 0.449 e. The molecule has 1 aliphatic carbocycles. The third kappa shape index (κ3) is 6.91. The Morgan fingerprint density at radius 3 is 2.03 bits per heavy atom. The van der Waals surface area contributed by atoms with E-state index in [2.05, 4.69) is 27.7 Å². The van der Waals surface area contributed by atoms with Crippen LogP contribution in [0.1, 0.15) is 42.9 Å². The summed E-state index contributed by atoms with van der Waals surface area (Å²) in [6, 6.07) is 22.9. The second-order valence-corrected chi connectivity index (χ2v) is 9.70. The molecular weight excluding hydrogens is 496 g/mol. The molecule has 8 heteroatoms. The SMILES string of the molecule is CC(C)=CC[C@H](NC(=O)OCC1c2ccccc2-c2ccccc21)C(=O)N[C@@H](Cc1ccccc1)C(=O)OO. The third-order valence-corrected chi connectivity index (χ3v) is 6.69. The number of carbonyl (C=O) groups excluding carboxylic acids is 3. The number of alkyl carbamates (subject to hydrolysis) is 1. The van der Waals surface area contributed by atoms with E-state index in [0.29, 0.717) is 0 Å². The van der Waals surface area contributed by atoms with Gasteiger partial charge in [-0.1, -0.05) is 90.5 Å². The minimum atomic E-state index is -1.15. The Morgan fingerprint density at radius 1 is 0.846 bits per heavy atom. The van der Waals surface area contributed by atoms with Crippen molar-refractivity contribution in [2.75, 3.05) is 6.61 Å². The Kier molecular flexibility index (Phi) is 9.12. The van der Waals surface area contributed by atoms with E-state index in [1.165, 1.54) is 0 Å². The lowest BCUT2D eigenvalue weighted by Crippen LogP contribution is -2.52. The molecule has 0 aliphatic heterocycles. The van der Waals surface area contributed by atoms with Gasteiger partial charge in [0.2, 0.25) is 5.91 Å². The van der Waals surface area contributed by atoms with Gasteiger partial charge in [0.05, 0.1) is 0 Å². The first-order chi connectivity index (χ1) is 18.9. The normalized spacial score (nSPS) is 13.3. The van der Waals surface area contributed by atoms with E-state index in [4.69, 9.17) is 9.99 Å². The number of carbonyl (C=O) groups is 3.